The molecule has 0 saturated heterocycles. The Labute approximate surface area is 137 Å². The summed E-state index contributed by atoms with van der Waals surface area (Å²) >= 11 is 0. The van der Waals surface area contributed by atoms with Gasteiger partial charge in [0.25, 0.3) is 5.69 Å². The summed E-state index contributed by atoms with van der Waals surface area (Å²) in [6, 6.07) is 15.3. The Hall–Kier alpha value is -3.54. The number of ketones is 1. The molecule has 1 heterocycles. The first-order valence-electron chi connectivity index (χ1n) is 7.20. The lowest BCUT2D eigenvalue weighted by atomic mass is 10.1. The molecule has 6 heteroatoms. The van der Waals surface area contributed by atoms with E-state index in [1.807, 2.05) is 30.3 Å². The highest BCUT2D eigenvalue weighted by Gasteiger charge is 2.09. The van der Waals surface area contributed by atoms with Crippen molar-refractivity contribution in [3.63, 3.8) is 0 Å². The van der Waals surface area contributed by atoms with Crippen LogP contribution >= 0.6 is 0 Å². The van der Waals surface area contributed by atoms with E-state index in [4.69, 9.17) is 0 Å². The second-order valence-corrected chi connectivity index (χ2v) is 5.06. The number of para-hydroxylation sites is 1. The molecule has 0 spiro atoms. The molecule has 1 aromatic heterocycles. The van der Waals surface area contributed by atoms with Crippen LogP contribution < -0.4 is 0 Å². The first-order chi connectivity index (χ1) is 11.6. The van der Waals surface area contributed by atoms with Crippen LogP contribution in [0.2, 0.25) is 0 Å². The molecule has 0 atom stereocenters. The topological polar surface area (TPSA) is 78.0 Å². The molecule has 6 nitrogen and oxygen atoms in total. The van der Waals surface area contributed by atoms with Crippen LogP contribution in [0, 0.1) is 10.1 Å². The number of nitro benzene ring substituents is 1. The van der Waals surface area contributed by atoms with Gasteiger partial charge in [0.2, 0.25) is 0 Å². The summed E-state index contributed by atoms with van der Waals surface area (Å²) in [5, 5.41) is 15.0. The van der Waals surface area contributed by atoms with E-state index in [1.165, 1.54) is 24.3 Å². The molecule has 0 aliphatic rings. The van der Waals surface area contributed by atoms with Gasteiger partial charge in [0.1, 0.15) is 0 Å². The lowest BCUT2D eigenvalue weighted by Crippen LogP contribution is -1.96. The predicted octanol–water partition coefficient (Wildman–Crippen LogP) is 3.68. The van der Waals surface area contributed by atoms with Crippen molar-refractivity contribution in [2.24, 2.45) is 0 Å². The number of nitro groups is 1. The normalized spacial score (nSPS) is 10.8. The summed E-state index contributed by atoms with van der Waals surface area (Å²) in [7, 11) is 0. The fourth-order valence-electron chi connectivity index (χ4n) is 2.19. The van der Waals surface area contributed by atoms with Gasteiger partial charge in [0.05, 0.1) is 16.8 Å². The monoisotopic (exact) mass is 319 g/mol. The summed E-state index contributed by atoms with van der Waals surface area (Å²) in [5.74, 6) is -0.300. The summed E-state index contributed by atoms with van der Waals surface area (Å²) in [6.45, 7) is 0. The lowest BCUT2D eigenvalue weighted by Gasteiger charge is -1.98. The van der Waals surface area contributed by atoms with E-state index in [0.29, 0.717) is 0 Å². The molecule has 3 aromatic rings. The molecule has 0 amide bonds. The van der Waals surface area contributed by atoms with Gasteiger partial charge >= 0.3 is 0 Å². The molecule has 118 valence electrons. The van der Waals surface area contributed by atoms with Crippen LogP contribution in [0.5, 0.6) is 0 Å². The number of hydrogen-bond acceptors (Lipinski definition) is 4. The summed E-state index contributed by atoms with van der Waals surface area (Å²) in [6.07, 6.45) is 6.45. The zero-order valence-corrected chi connectivity index (χ0v) is 12.6. The van der Waals surface area contributed by atoms with E-state index >= 15 is 0 Å². The van der Waals surface area contributed by atoms with Crippen molar-refractivity contribution in [3.8, 4) is 5.69 Å². The Morgan fingerprint density at radius 3 is 2.67 bits per heavy atom. The Bertz CT molecular complexity index is 914. The van der Waals surface area contributed by atoms with E-state index in [2.05, 4.69) is 5.10 Å². The maximum atomic E-state index is 12.1. The Kier molecular flexibility index (Phi) is 4.29. The minimum absolute atomic E-state index is 0.105. The van der Waals surface area contributed by atoms with E-state index in [-0.39, 0.29) is 17.0 Å². The molecular weight excluding hydrogens is 306 g/mol. The fourth-order valence-corrected chi connectivity index (χ4v) is 2.19. The van der Waals surface area contributed by atoms with Crippen LogP contribution in [0.15, 0.2) is 73.1 Å². The SMILES string of the molecule is O=C(/C=C/c1cnn(-c2ccccc2)c1)c1cccc([N+](=O)[O-])c1. The first-order valence-corrected chi connectivity index (χ1v) is 7.20. The van der Waals surface area contributed by atoms with Crippen LogP contribution in [-0.2, 0) is 0 Å². The second-order valence-electron chi connectivity index (χ2n) is 5.06. The van der Waals surface area contributed by atoms with Gasteiger partial charge in [-0.2, -0.15) is 5.10 Å². The second kappa shape index (κ2) is 6.70. The first kappa shape index (κ1) is 15.4. The lowest BCUT2D eigenvalue weighted by molar-refractivity contribution is -0.384. The average molecular weight is 319 g/mol. The van der Waals surface area contributed by atoms with Gasteiger partial charge in [0.15, 0.2) is 5.78 Å². The van der Waals surface area contributed by atoms with Gasteiger partial charge in [-0.05, 0) is 24.3 Å². The highest BCUT2D eigenvalue weighted by molar-refractivity contribution is 6.07. The maximum absolute atomic E-state index is 12.1. The number of carbonyl (C=O) groups excluding carboxylic acids is 1. The zero-order valence-electron chi connectivity index (χ0n) is 12.6. The summed E-state index contributed by atoms with van der Waals surface area (Å²) < 4.78 is 1.71. The molecule has 0 bridgehead atoms. The van der Waals surface area contributed by atoms with Crippen molar-refractivity contribution in [1.82, 2.24) is 9.78 Å². The van der Waals surface area contributed by atoms with E-state index in [0.717, 1.165) is 11.3 Å². The minimum Gasteiger partial charge on any atom is -0.289 e. The van der Waals surface area contributed by atoms with Crippen molar-refractivity contribution in [2.45, 2.75) is 0 Å². The molecule has 3 rings (SSSR count). The molecule has 0 N–H and O–H groups in total. The quantitative estimate of drug-likeness (QED) is 0.311. The molecule has 0 aliphatic heterocycles. The summed E-state index contributed by atoms with van der Waals surface area (Å²) in [5.41, 5.74) is 1.85. The summed E-state index contributed by atoms with van der Waals surface area (Å²) in [4.78, 5) is 22.4. The van der Waals surface area contributed by atoms with Crippen LogP contribution in [0.25, 0.3) is 11.8 Å². The standard InChI is InChI=1S/C18H13N3O3/c22-18(15-5-4-8-17(11-15)21(23)24)10-9-14-12-19-20(13-14)16-6-2-1-3-7-16/h1-13H/b10-9+. The van der Waals surface area contributed by atoms with Crippen molar-refractivity contribution in [1.29, 1.82) is 0 Å². The number of aromatic nitrogens is 2. The van der Waals surface area contributed by atoms with Crippen LogP contribution in [0.1, 0.15) is 15.9 Å². The number of allylic oxidation sites excluding steroid dienone is 1. The van der Waals surface area contributed by atoms with Crippen molar-refractivity contribution in [2.75, 3.05) is 0 Å². The maximum Gasteiger partial charge on any atom is 0.270 e. The highest BCUT2D eigenvalue weighted by atomic mass is 16.6. The Balaban J connectivity index is 1.76. The molecule has 0 saturated carbocycles. The van der Waals surface area contributed by atoms with Crippen molar-refractivity contribution < 1.29 is 9.72 Å². The number of non-ortho nitro benzene ring substituents is 1. The number of benzene rings is 2. The van der Waals surface area contributed by atoms with Crippen LogP contribution in [-0.4, -0.2) is 20.5 Å². The minimum atomic E-state index is -0.523. The number of hydrogen-bond donors (Lipinski definition) is 0. The average Bonchev–Trinajstić information content (AvgIpc) is 3.09. The number of carbonyl (C=O) groups is 1. The van der Waals surface area contributed by atoms with Gasteiger partial charge in [-0.15, -0.1) is 0 Å². The van der Waals surface area contributed by atoms with Gasteiger partial charge in [-0.1, -0.05) is 30.3 Å². The van der Waals surface area contributed by atoms with Gasteiger partial charge in [-0.25, -0.2) is 4.68 Å². The molecule has 0 radical (unpaired) electrons. The molecule has 0 fully saturated rings. The largest absolute Gasteiger partial charge is 0.289 e. The van der Waals surface area contributed by atoms with E-state index in [9.17, 15) is 14.9 Å². The molecule has 2 aromatic carbocycles. The van der Waals surface area contributed by atoms with Crippen molar-refractivity contribution in [3.05, 3.63) is 94.3 Å². The molecule has 0 aliphatic carbocycles. The van der Waals surface area contributed by atoms with Crippen LogP contribution in [0.4, 0.5) is 5.69 Å². The highest BCUT2D eigenvalue weighted by Crippen LogP contribution is 2.15. The zero-order chi connectivity index (χ0) is 16.9. The Morgan fingerprint density at radius 2 is 1.92 bits per heavy atom. The van der Waals surface area contributed by atoms with Gasteiger partial charge < -0.3 is 0 Å². The van der Waals surface area contributed by atoms with Crippen molar-refractivity contribution >= 4 is 17.5 Å². The van der Waals surface area contributed by atoms with E-state index in [1.54, 1.807) is 29.2 Å². The number of rotatable bonds is 5. The van der Waals surface area contributed by atoms with Crippen LogP contribution in [0.3, 0.4) is 0 Å². The van der Waals surface area contributed by atoms with E-state index < -0.39 is 4.92 Å². The Morgan fingerprint density at radius 1 is 1.12 bits per heavy atom. The smallest absolute Gasteiger partial charge is 0.270 e. The number of nitrogens with zero attached hydrogens (tertiary/aromatic N) is 3. The van der Waals surface area contributed by atoms with Gasteiger partial charge in [0, 0.05) is 29.5 Å². The molecule has 0 unspecified atom stereocenters. The third-order valence-corrected chi connectivity index (χ3v) is 3.39. The fraction of sp³-hybridized carbons (Fsp3) is 0. The third kappa shape index (κ3) is 3.44. The predicted molar refractivity (Wildman–Crippen MR) is 90.0 cm³/mol. The third-order valence-electron chi connectivity index (χ3n) is 3.39. The van der Waals surface area contributed by atoms with Gasteiger partial charge in [-0.3, -0.25) is 14.9 Å². The molecular formula is C18H13N3O3. The molecule has 24 heavy (non-hydrogen) atoms.